The molecule has 0 spiro atoms. The Morgan fingerprint density at radius 1 is 1.26 bits per heavy atom. The summed E-state index contributed by atoms with van der Waals surface area (Å²) in [6.07, 6.45) is 1.72. The van der Waals surface area contributed by atoms with Gasteiger partial charge in [-0.2, -0.15) is 5.10 Å². The summed E-state index contributed by atoms with van der Waals surface area (Å²) >= 11 is 6.30. The van der Waals surface area contributed by atoms with Gasteiger partial charge >= 0.3 is 0 Å². The molecule has 1 heterocycles. The Morgan fingerprint density at radius 2 is 1.89 bits per heavy atom. The Bertz CT molecular complexity index is 555. The highest BCUT2D eigenvalue weighted by molar-refractivity contribution is 6.31. The first kappa shape index (κ1) is 14.1. The molecule has 3 nitrogen and oxygen atoms in total. The van der Waals surface area contributed by atoms with Crippen molar-refractivity contribution >= 4 is 11.6 Å². The predicted molar refractivity (Wildman–Crippen MR) is 79.7 cm³/mol. The van der Waals surface area contributed by atoms with Crippen molar-refractivity contribution < 1.29 is 0 Å². The summed E-state index contributed by atoms with van der Waals surface area (Å²) < 4.78 is 1.95. The molecule has 0 aliphatic rings. The Kier molecular flexibility index (Phi) is 4.27. The van der Waals surface area contributed by atoms with Crippen molar-refractivity contribution in [2.45, 2.75) is 33.4 Å². The van der Waals surface area contributed by atoms with Crippen molar-refractivity contribution in [3.63, 3.8) is 0 Å². The normalized spacial score (nSPS) is 12.7. The first-order chi connectivity index (χ1) is 9.06. The first-order valence-electron chi connectivity index (χ1n) is 6.53. The van der Waals surface area contributed by atoms with Gasteiger partial charge in [0.25, 0.3) is 0 Å². The van der Waals surface area contributed by atoms with Gasteiger partial charge in [0.1, 0.15) is 0 Å². The maximum Gasteiger partial charge on any atom is 0.0837 e. The zero-order chi connectivity index (χ0) is 14.0. The second kappa shape index (κ2) is 5.76. The van der Waals surface area contributed by atoms with E-state index < -0.39 is 0 Å². The molecule has 19 heavy (non-hydrogen) atoms. The SMILES string of the molecule is CCn1ncc(Cl)c1C(NC)c1cc(C)cc(C)c1. The van der Waals surface area contributed by atoms with E-state index in [2.05, 4.69) is 49.4 Å². The summed E-state index contributed by atoms with van der Waals surface area (Å²) in [5, 5.41) is 8.37. The van der Waals surface area contributed by atoms with Crippen LogP contribution in [0.5, 0.6) is 0 Å². The smallest absolute Gasteiger partial charge is 0.0837 e. The average Bonchev–Trinajstić information content (AvgIpc) is 2.71. The van der Waals surface area contributed by atoms with Crippen molar-refractivity contribution in [2.24, 2.45) is 0 Å². The number of halogens is 1. The molecule has 0 fully saturated rings. The molecule has 2 aromatic rings. The van der Waals surface area contributed by atoms with Gasteiger partial charge in [0.05, 0.1) is 23.0 Å². The van der Waals surface area contributed by atoms with Crippen LogP contribution in [0, 0.1) is 13.8 Å². The molecule has 0 saturated carbocycles. The zero-order valence-corrected chi connectivity index (χ0v) is 12.6. The fraction of sp³-hybridized carbons (Fsp3) is 0.400. The van der Waals surface area contributed by atoms with Crippen LogP contribution in [0.15, 0.2) is 24.4 Å². The molecule has 0 aliphatic carbocycles. The highest BCUT2D eigenvalue weighted by Gasteiger charge is 2.20. The third-order valence-corrected chi connectivity index (χ3v) is 3.56. The minimum Gasteiger partial charge on any atom is -0.308 e. The minimum atomic E-state index is 0.0635. The van der Waals surface area contributed by atoms with Crippen LogP contribution >= 0.6 is 11.6 Å². The monoisotopic (exact) mass is 277 g/mol. The summed E-state index contributed by atoms with van der Waals surface area (Å²) in [5.74, 6) is 0. The van der Waals surface area contributed by atoms with Gasteiger partial charge in [-0.05, 0) is 33.4 Å². The first-order valence-corrected chi connectivity index (χ1v) is 6.91. The molecule has 0 radical (unpaired) electrons. The third-order valence-electron chi connectivity index (χ3n) is 3.27. The lowest BCUT2D eigenvalue weighted by Gasteiger charge is -2.19. The summed E-state index contributed by atoms with van der Waals surface area (Å²) in [4.78, 5) is 0. The molecule has 1 aromatic carbocycles. The lowest BCUT2D eigenvalue weighted by atomic mass is 9.99. The molecule has 4 heteroatoms. The Labute approximate surface area is 119 Å². The van der Waals surface area contributed by atoms with Gasteiger partial charge in [-0.1, -0.05) is 40.9 Å². The molecule has 0 bridgehead atoms. The van der Waals surface area contributed by atoms with E-state index in [9.17, 15) is 0 Å². The van der Waals surface area contributed by atoms with Crippen LogP contribution in [0.4, 0.5) is 0 Å². The molecule has 0 aliphatic heterocycles. The summed E-state index contributed by atoms with van der Waals surface area (Å²) in [6.45, 7) is 7.11. The van der Waals surface area contributed by atoms with Crippen LogP contribution in [0.2, 0.25) is 5.02 Å². The topological polar surface area (TPSA) is 29.9 Å². The highest BCUT2D eigenvalue weighted by Crippen LogP contribution is 2.29. The fourth-order valence-electron chi connectivity index (χ4n) is 2.55. The van der Waals surface area contributed by atoms with E-state index in [1.807, 2.05) is 11.7 Å². The number of aromatic nitrogens is 2. The Morgan fingerprint density at radius 3 is 2.42 bits per heavy atom. The molecular weight excluding hydrogens is 258 g/mol. The lowest BCUT2D eigenvalue weighted by Crippen LogP contribution is -2.22. The standard InChI is InChI=1S/C15H20ClN3/c1-5-19-15(13(16)9-18-19)14(17-4)12-7-10(2)6-11(3)8-12/h6-9,14,17H,5H2,1-4H3. The van der Waals surface area contributed by atoms with Crippen LogP contribution < -0.4 is 5.32 Å². The number of aryl methyl sites for hydroxylation is 3. The molecule has 102 valence electrons. The van der Waals surface area contributed by atoms with E-state index in [4.69, 9.17) is 11.6 Å². The molecule has 1 N–H and O–H groups in total. The van der Waals surface area contributed by atoms with Crippen LogP contribution in [0.1, 0.15) is 35.3 Å². The van der Waals surface area contributed by atoms with Crippen LogP contribution in [-0.2, 0) is 6.54 Å². The molecule has 1 unspecified atom stereocenters. The van der Waals surface area contributed by atoms with Crippen molar-refractivity contribution in [1.29, 1.82) is 0 Å². The van der Waals surface area contributed by atoms with Gasteiger partial charge in [-0.3, -0.25) is 4.68 Å². The minimum absolute atomic E-state index is 0.0635. The predicted octanol–water partition coefficient (Wildman–Crippen LogP) is 3.48. The molecule has 0 amide bonds. The fourth-order valence-corrected chi connectivity index (χ4v) is 2.80. The largest absolute Gasteiger partial charge is 0.308 e. The average molecular weight is 278 g/mol. The lowest BCUT2D eigenvalue weighted by molar-refractivity contribution is 0.563. The van der Waals surface area contributed by atoms with Crippen LogP contribution in [-0.4, -0.2) is 16.8 Å². The van der Waals surface area contributed by atoms with E-state index in [0.29, 0.717) is 5.02 Å². The number of rotatable bonds is 4. The molecule has 1 atom stereocenters. The van der Waals surface area contributed by atoms with Gasteiger partial charge in [0, 0.05) is 6.54 Å². The van der Waals surface area contributed by atoms with Gasteiger partial charge in [-0.15, -0.1) is 0 Å². The van der Waals surface area contributed by atoms with Gasteiger partial charge in [-0.25, -0.2) is 0 Å². The van der Waals surface area contributed by atoms with Gasteiger partial charge < -0.3 is 5.32 Å². The summed E-state index contributed by atoms with van der Waals surface area (Å²) in [7, 11) is 1.95. The second-order valence-electron chi connectivity index (χ2n) is 4.84. The number of hydrogen-bond donors (Lipinski definition) is 1. The number of benzene rings is 1. The summed E-state index contributed by atoms with van der Waals surface area (Å²) in [6, 6.07) is 6.62. The Balaban J connectivity index is 2.52. The number of hydrogen-bond acceptors (Lipinski definition) is 2. The van der Waals surface area contributed by atoms with Crippen molar-refractivity contribution in [3.8, 4) is 0 Å². The van der Waals surface area contributed by atoms with Crippen LogP contribution in [0.3, 0.4) is 0 Å². The van der Waals surface area contributed by atoms with Crippen molar-refractivity contribution in [1.82, 2.24) is 15.1 Å². The van der Waals surface area contributed by atoms with E-state index >= 15 is 0 Å². The summed E-state index contributed by atoms with van der Waals surface area (Å²) in [5.41, 5.74) is 4.76. The number of nitrogens with one attached hydrogen (secondary N) is 1. The van der Waals surface area contributed by atoms with Crippen LogP contribution in [0.25, 0.3) is 0 Å². The van der Waals surface area contributed by atoms with Crippen molar-refractivity contribution in [3.05, 3.63) is 51.8 Å². The van der Waals surface area contributed by atoms with Gasteiger partial charge in [0.2, 0.25) is 0 Å². The maximum absolute atomic E-state index is 6.30. The van der Waals surface area contributed by atoms with E-state index in [0.717, 1.165) is 12.2 Å². The quantitative estimate of drug-likeness (QED) is 0.927. The molecular formula is C15H20ClN3. The molecule has 2 rings (SSSR count). The van der Waals surface area contributed by atoms with E-state index in [1.165, 1.54) is 16.7 Å². The van der Waals surface area contributed by atoms with E-state index in [1.54, 1.807) is 6.20 Å². The van der Waals surface area contributed by atoms with Crippen molar-refractivity contribution in [2.75, 3.05) is 7.05 Å². The maximum atomic E-state index is 6.30. The van der Waals surface area contributed by atoms with E-state index in [-0.39, 0.29) is 6.04 Å². The third kappa shape index (κ3) is 2.82. The Hall–Kier alpha value is -1.32. The van der Waals surface area contributed by atoms with Gasteiger partial charge in [0.15, 0.2) is 0 Å². The zero-order valence-electron chi connectivity index (χ0n) is 11.9. The molecule has 0 saturated heterocycles. The molecule has 1 aromatic heterocycles. The number of nitrogens with zero attached hydrogens (tertiary/aromatic N) is 2. The highest BCUT2D eigenvalue weighted by atomic mass is 35.5. The second-order valence-corrected chi connectivity index (χ2v) is 5.24.